The van der Waals surface area contributed by atoms with Gasteiger partial charge >= 0.3 is 6.03 Å². The zero-order chi connectivity index (χ0) is 18.1. The summed E-state index contributed by atoms with van der Waals surface area (Å²) in [6.45, 7) is 0.896. The van der Waals surface area contributed by atoms with Crippen LogP contribution in [-0.2, 0) is 35.7 Å². The summed E-state index contributed by atoms with van der Waals surface area (Å²) in [5.41, 5.74) is 5.82. The highest BCUT2D eigenvalue weighted by atomic mass is 32.2. The van der Waals surface area contributed by atoms with Gasteiger partial charge in [-0.2, -0.15) is 0 Å². The molecule has 3 N–H and O–H groups in total. The van der Waals surface area contributed by atoms with Crippen molar-refractivity contribution >= 4 is 21.7 Å². The van der Waals surface area contributed by atoms with Gasteiger partial charge in [-0.05, 0) is 80.2 Å². The fourth-order valence-electron chi connectivity index (χ4n) is 4.34. The van der Waals surface area contributed by atoms with Gasteiger partial charge in [0, 0.05) is 17.1 Å². The van der Waals surface area contributed by atoms with Crippen molar-refractivity contribution in [2.75, 3.05) is 11.9 Å². The molecule has 0 bridgehead atoms. The normalized spacial score (nSPS) is 21.8. The van der Waals surface area contributed by atoms with Crippen LogP contribution in [0.3, 0.4) is 0 Å². The Morgan fingerprint density at radius 2 is 1.77 bits per heavy atom. The smallest absolute Gasteiger partial charge is 0.310 e. The molecule has 140 valence electrons. The lowest BCUT2D eigenvalue weighted by atomic mass is 9.99. The summed E-state index contributed by atoms with van der Waals surface area (Å²) in [6.07, 6.45) is 9.70. The van der Waals surface area contributed by atoms with E-state index >= 15 is 0 Å². The van der Waals surface area contributed by atoms with Crippen LogP contribution in [0.2, 0.25) is 0 Å². The molecule has 1 aromatic carbocycles. The van der Waals surface area contributed by atoms with Crippen molar-refractivity contribution in [3.05, 3.63) is 39.8 Å². The number of carbonyl (C=O) groups is 1. The Morgan fingerprint density at radius 3 is 2.38 bits per heavy atom. The number of benzene rings is 1. The van der Waals surface area contributed by atoms with E-state index in [0.29, 0.717) is 0 Å². The van der Waals surface area contributed by atoms with Crippen molar-refractivity contribution in [2.24, 2.45) is 0 Å². The first-order valence-electron chi connectivity index (χ1n) is 9.44. The number of nitrogens with one attached hydrogen (secondary N) is 3. The summed E-state index contributed by atoms with van der Waals surface area (Å²) in [6, 6.07) is 1.67. The van der Waals surface area contributed by atoms with E-state index in [9.17, 15) is 13.2 Å². The van der Waals surface area contributed by atoms with Crippen LogP contribution in [0.1, 0.15) is 47.9 Å². The van der Waals surface area contributed by atoms with Gasteiger partial charge in [0.1, 0.15) is 0 Å². The number of amides is 2. The van der Waals surface area contributed by atoms with Gasteiger partial charge in [0.2, 0.25) is 0 Å². The zero-order valence-corrected chi connectivity index (χ0v) is 15.6. The summed E-state index contributed by atoms with van der Waals surface area (Å²) >= 11 is 0. The van der Waals surface area contributed by atoms with Crippen molar-refractivity contribution in [1.82, 2.24) is 10.0 Å². The summed E-state index contributed by atoms with van der Waals surface area (Å²) in [4.78, 5) is 12.4. The number of carbonyl (C=O) groups excluding carboxylic acids is 1. The number of hydrogen-bond acceptors (Lipinski definition) is 4. The molecule has 1 unspecified atom stereocenters. The maximum absolute atomic E-state index is 12.4. The number of hydrogen-bond donors (Lipinski definition) is 3. The van der Waals surface area contributed by atoms with Crippen molar-refractivity contribution in [3.63, 3.8) is 0 Å². The molecular formula is C19H25N3O3S. The molecule has 1 aromatic rings. The second kappa shape index (κ2) is 7.04. The van der Waals surface area contributed by atoms with E-state index in [2.05, 4.69) is 21.4 Å². The van der Waals surface area contributed by atoms with E-state index in [4.69, 9.17) is 0 Å². The van der Waals surface area contributed by atoms with Crippen molar-refractivity contribution in [2.45, 2.75) is 57.4 Å². The Hall–Kier alpha value is -1.86. The first-order chi connectivity index (χ1) is 12.5. The molecule has 1 aliphatic heterocycles. The largest absolute Gasteiger partial charge is 0.333 e. The summed E-state index contributed by atoms with van der Waals surface area (Å²) in [7, 11) is -3.80. The fraction of sp³-hybridized carbons (Fsp3) is 0.526. The highest BCUT2D eigenvalue weighted by Crippen LogP contribution is 2.38. The van der Waals surface area contributed by atoms with Crippen LogP contribution in [0.4, 0.5) is 10.5 Å². The number of fused-ring (bicyclic) bond motifs is 2. The molecule has 3 aliphatic rings. The predicted molar refractivity (Wildman–Crippen MR) is 102 cm³/mol. The Labute approximate surface area is 154 Å². The fourth-order valence-corrected chi connectivity index (χ4v) is 5.12. The van der Waals surface area contributed by atoms with Crippen LogP contribution in [0.25, 0.3) is 0 Å². The molecule has 0 radical (unpaired) electrons. The van der Waals surface area contributed by atoms with Gasteiger partial charge in [-0.1, -0.05) is 12.1 Å². The van der Waals surface area contributed by atoms with Crippen molar-refractivity contribution in [3.8, 4) is 0 Å². The maximum Gasteiger partial charge on any atom is 0.333 e. The van der Waals surface area contributed by atoms with Crippen molar-refractivity contribution < 1.29 is 13.2 Å². The molecule has 0 aromatic heterocycles. The summed E-state index contributed by atoms with van der Waals surface area (Å²) < 4.78 is 26.5. The van der Waals surface area contributed by atoms with Gasteiger partial charge in [-0.3, -0.25) is 0 Å². The first kappa shape index (κ1) is 17.5. The van der Waals surface area contributed by atoms with Gasteiger partial charge in [0.25, 0.3) is 10.0 Å². The zero-order valence-electron chi connectivity index (χ0n) is 14.8. The third-order valence-corrected chi connectivity index (χ3v) is 6.52. The molecule has 7 heteroatoms. The van der Waals surface area contributed by atoms with E-state index in [1.54, 1.807) is 6.08 Å². The van der Waals surface area contributed by atoms with E-state index in [1.807, 2.05) is 0 Å². The Morgan fingerprint density at radius 1 is 1.08 bits per heavy atom. The van der Waals surface area contributed by atoms with Crippen molar-refractivity contribution in [1.29, 1.82) is 0 Å². The maximum atomic E-state index is 12.4. The van der Waals surface area contributed by atoms with Crippen LogP contribution in [-0.4, -0.2) is 27.0 Å². The molecule has 1 heterocycles. The number of urea groups is 1. The van der Waals surface area contributed by atoms with E-state index < -0.39 is 16.1 Å². The SMILES string of the molecule is O=C(Nc1c2c(cc3c1CCC3)CCC2)NS(=O)(=O)/C=C/C1CCCN1. The highest BCUT2D eigenvalue weighted by Gasteiger charge is 2.25. The Balaban J connectivity index is 1.49. The minimum atomic E-state index is -3.80. The van der Waals surface area contributed by atoms with Gasteiger partial charge in [0.15, 0.2) is 0 Å². The lowest BCUT2D eigenvalue weighted by molar-refractivity contribution is 0.256. The molecule has 2 amide bonds. The van der Waals surface area contributed by atoms with E-state index in [0.717, 1.165) is 69.0 Å². The lowest BCUT2D eigenvalue weighted by Crippen LogP contribution is -2.34. The third-order valence-electron chi connectivity index (χ3n) is 5.53. The average molecular weight is 375 g/mol. The lowest BCUT2D eigenvalue weighted by Gasteiger charge is -2.16. The van der Waals surface area contributed by atoms with Gasteiger partial charge in [0.05, 0.1) is 0 Å². The Bertz CT molecular complexity index is 823. The van der Waals surface area contributed by atoms with Crippen LogP contribution in [0, 0.1) is 0 Å². The number of rotatable bonds is 4. The molecule has 6 nitrogen and oxygen atoms in total. The van der Waals surface area contributed by atoms with Crippen LogP contribution < -0.4 is 15.4 Å². The summed E-state index contributed by atoms with van der Waals surface area (Å²) in [5, 5.41) is 7.14. The molecule has 4 rings (SSSR count). The monoisotopic (exact) mass is 375 g/mol. The minimum absolute atomic E-state index is 0.0651. The summed E-state index contributed by atoms with van der Waals surface area (Å²) in [5.74, 6) is 0. The molecule has 0 spiro atoms. The number of aryl methyl sites for hydroxylation is 2. The molecule has 2 aliphatic carbocycles. The highest BCUT2D eigenvalue weighted by molar-refractivity contribution is 7.92. The molecule has 0 saturated carbocycles. The number of sulfonamides is 1. The Kier molecular flexibility index (Phi) is 4.75. The minimum Gasteiger partial charge on any atom is -0.310 e. The van der Waals surface area contributed by atoms with Gasteiger partial charge in [-0.15, -0.1) is 0 Å². The van der Waals surface area contributed by atoms with E-state index in [1.165, 1.54) is 22.3 Å². The number of anilines is 1. The second-order valence-electron chi connectivity index (χ2n) is 7.37. The quantitative estimate of drug-likeness (QED) is 0.754. The van der Waals surface area contributed by atoms with Gasteiger partial charge < -0.3 is 10.6 Å². The van der Waals surface area contributed by atoms with Crippen LogP contribution in [0.5, 0.6) is 0 Å². The van der Waals surface area contributed by atoms with Crippen LogP contribution >= 0.6 is 0 Å². The van der Waals surface area contributed by atoms with Crippen LogP contribution in [0.15, 0.2) is 17.6 Å². The average Bonchev–Trinajstić information content (AvgIpc) is 3.33. The molecule has 1 saturated heterocycles. The molecule has 26 heavy (non-hydrogen) atoms. The molecular weight excluding hydrogens is 350 g/mol. The second-order valence-corrected chi connectivity index (χ2v) is 8.93. The topological polar surface area (TPSA) is 87.3 Å². The predicted octanol–water partition coefficient (Wildman–Crippen LogP) is 2.38. The third kappa shape index (κ3) is 3.64. The standard InChI is InChI=1S/C19H25N3O3S/c23-19(22-26(24,25)11-9-15-6-3-10-20-15)21-18-16-7-1-4-13(16)12-14-5-2-8-17(14)18/h9,11-12,15,20H,1-8,10H2,(H2,21,22,23)/b11-9+. The van der Waals surface area contributed by atoms with Gasteiger partial charge in [-0.25, -0.2) is 17.9 Å². The first-order valence-corrected chi connectivity index (χ1v) is 11.0. The molecule has 1 fully saturated rings. The van der Waals surface area contributed by atoms with E-state index in [-0.39, 0.29) is 6.04 Å². The molecule has 1 atom stereocenters.